The second kappa shape index (κ2) is 7.27. The summed E-state index contributed by atoms with van der Waals surface area (Å²) >= 11 is 0. The van der Waals surface area contributed by atoms with Crippen LogP contribution in [0.25, 0.3) is 5.57 Å². The summed E-state index contributed by atoms with van der Waals surface area (Å²) in [6, 6.07) is 14.6. The molecule has 2 aromatic carbocycles. The summed E-state index contributed by atoms with van der Waals surface area (Å²) in [5, 5.41) is 0. The Hall–Kier alpha value is -2.52. The van der Waals surface area contributed by atoms with Crippen LogP contribution in [0.4, 0.5) is 17.1 Å². The molecular formula is C28H33N3. The zero-order chi connectivity index (χ0) is 21.1. The first-order chi connectivity index (χ1) is 15.1. The molecule has 0 bridgehead atoms. The van der Waals surface area contributed by atoms with Gasteiger partial charge in [-0.3, -0.25) is 4.90 Å². The van der Waals surface area contributed by atoms with E-state index in [2.05, 4.69) is 77.7 Å². The van der Waals surface area contributed by atoms with E-state index in [1.54, 1.807) is 0 Å². The Labute approximate surface area is 186 Å². The summed E-state index contributed by atoms with van der Waals surface area (Å²) in [5.74, 6) is 1.99. The molecule has 0 amide bonds. The number of rotatable bonds is 2. The molecule has 2 aromatic rings. The number of likely N-dealkylation sites (tertiary alicyclic amines) is 1. The third-order valence-corrected chi connectivity index (χ3v) is 7.97. The highest BCUT2D eigenvalue weighted by Crippen LogP contribution is 2.54. The predicted octanol–water partition coefficient (Wildman–Crippen LogP) is 6.57. The summed E-state index contributed by atoms with van der Waals surface area (Å²) in [7, 11) is 2.25. The number of benzene rings is 2. The average Bonchev–Trinajstić information content (AvgIpc) is 3.39. The number of fused-ring (bicyclic) bond motifs is 5. The molecule has 1 saturated heterocycles. The smallest absolute Gasteiger partial charge is 0.119 e. The van der Waals surface area contributed by atoms with E-state index in [9.17, 15) is 0 Å². The van der Waals surface area contributed by atoms with Crippen molar-refractivity contribution in [2.75, 3.05) is 29.9 Å². The average molecular weight is 412 g/mol. The molecule has 6 rings (SSSR count). The van der Waals surface area contributed by atoms with Crippen LogP contribution in [0.15, 0.2) is 54.9 Å². The maximum atomic E-state index is 4.46. The molecule has 3 heterocycles. The van der Waals surface area contributed by atoms with Crippen LogP contribution in [0.2, 0.25) is 0 Å². The lowest BCUT2D eigenvalue weighted by atomic mass is 9.89. The maximum absolute atomic E-state index is 4.46. The van der Waals surface area contributed by atoms with Crippen LogP contribution in [-0.4, -0.2) is 31.1 Å². The van der Waals surface area contributed by atoms with Crippen molar-refractivity contribution in [3.63, 3.8) is 0 Å². The van der Waals surface area contributed by atoms with Crippen molar-refractivity contribution in [1.29, 1.82) is 0 Å². The van der Waals surface area contributed by atoms with Crippen LogP contribution >= 0.6 is 0 Å². The highest BCUT2D eigenvalue weighted by atomic mass is 15.4. The minimum Gasteiger partial charge on any atom is -0.323 e. The molecule has 4 aliphatic rings. The molecule has 0 N–H and O–H groups in total. The molecule has 31 heavy (non-hydrogen) atoms. The lowest BCUT2D eigenvalue weighted by Crippen LogP contribution is -2.35. The first-order valence-electron chi connectivity index (χ1n) is 12.0. The Morgan fingerprint density at radius 3 is 2.45 bits per heavy atom. The van der Waals surface area contributed by atoms with Crippen molar-refractivity contribution in [3.05, 3.63) is 71.6 Å². The van der Waals surface area contributed by atoms with Crippen LogP contribution in [-0.2, 0) is 0 Å². The molecule has 3 aliphatic heterocycles. The molecule has 1 saturated carbocycles. The van der Waals surface area contributed by atoms with Gasteiger partial charge in [0.15, 0.2) is 0 Å². The van der Waals surface area contributed by atoms with Crippen molar-refractivity contribution in [2.45, 2.75) is 57.4 Å². The van der Waals surface area contributed by atoms with Crippen molar-refractivity contribution in [1.82, 2.24) is 4.90 Å². The van der Waals surface area contributed by atoms with E-state index in [-0.39, 0.29) is 0 Å². The second-order valence-electron chi connectivity index (χ2n) is 9.97. The van der Waals surface area contributed by atoms with Gasteiger partial charge in [-0.05, 0) is 99.6 Å². The van der Waals surface area contributed by atoms with Crippen LogP contribution in [0.5, 0.6) is 0 Å². The lowest BCUT2D eigenvalue weighted by molar-refractivity contribution is 0.255. The molecular weight excluding hydrogens is 378 g/mol. The molecule has 2 fully saturated rings. The first-order valence-corrected chi connectivity index (χ1v) is 12.0. The van der Waals surface area contributed by atoms with Crippen molar-refractivity contribution in [3.8, 4) is 0 Å². The van der Waals surface area contributed by atoms with Crippen LogP contribution in [0.3, 0.4) is 0 Å². The number of allylic oxidation sites excluding steroid dienone is 2. The molecule has 160 valence electrons. The van der Waals surface area contributed by atoms with Gasteiger partial charge in [-0.2, -0.15) is 0 Å². The quantitative estimate of drug-likeness (QED) is 0.553. The number of aryl methyl sites for hydroxylation is 1. The molecule has 0 unspecified atom stereocenters. The molecule has 3 nitrogen and oxygen atoms in total. The van der Waals surface area contributed by atoms with E-state index in [0.29, 0.717) is 12.0 Å². The van der Waals surface area contributed by atoms with Gasteiger partial charge in [-0.1, -0.05) is 37.6 Å². The molecule has 1 aliphatic carbocycles. The van der Waals surface area contributed by atoms with Gasteiger partial charge < -0.3 is 9.80 Å². The zero-order valence-electron chi connectivity index (χ0n) is 18.9. The number of anilines is 3. The second-order valence-corrected chi connectivity index (χ2v) is 9.97. The highest BCUT2D eigenvalue weighted by Gasteiger charge is 2.40. The number of hydrogen-bond acceptors (Lipinski definition) is 3. The fourth-order valence-corrected chi connectivity index (χ4v) is 6.29. The van der Waals surface area contributed by atoms with Gasteiger partial charge in [0.1, 0.15) is 5.82 Å². The van der Waals surface area contributed by atoms with E-state index >= 15 is 0 Å². The zero-order valence-corrected chi connectivity index (χ0v) is 18.9. The number of hydrogen-bond donors (Lipinski definition) is 0. The topological polar surface area (TPSA) is 9.72 Å². The normalized spacial score (nSPS) is 21.9. The van der Waals surface area contributed by atoms with Gasteiger partial charge in [0.05, 0.1) is 17.1 Å². The van der Waals surface area contributed by atoms with E-state index < -0.39 is 0 Å². The van der Waals surface area contributed by atoms with Gasteiger partial charge in [0.25, 0.3) is 0 Å². The van der Waals surface area contributed by atoms with Crippen LogP contribution in [0.1, 0.15) is 61.1 Å². The molecule has 3 heteroatoms. The third kappa shape index (κ3) is 2.97. The Morgan fingerprint density at radius 1 is 0.903 bits per heavy atom. The number of nitrogens with zero attached hydrogens (tertiary/aromatic N) is 3. The molecule has 0 spiro atoms. The highest BCUT2D eigenvalue weighted by molar-refractivity contribution is 5.99. The Bertz CT molecular complexity index is 1070. The first kappa shape index (κ1) is 19.2. The molecule has 0 atom stereocenters. The van der Waals surface area contributed by atoms with E-state index in [0.717, 1.165) is 5.57 Å². The van der Waals surface area contributed by atoms with Crippen molar-refractivity contribution >= 4 is 22.6 Å². The summed E-state index contributed by atoms with van der Waals surface area (Å²) in [4.78, 5) is 7.63. The SMILES string of the molecule is C=C1C=C2N(c3ccc(C4CCN(C)CC4)cc3N2C2CCCC2)c2cccc(C)c21. The summed E-state index contributed by atoms with van der Waals surface area (Å²) in [5.41, 5.74) is 9.32. The van der Waals surface area contributed by atoms with E-state index in [1.807, 2.05) is 0 Å². The van der Waals surface area contributed by atoms with Crippen LogP contribution in [0, 0.1) is 6.92 Å². The Morgan fingerprint density at radius 2 is 1.68 bits per heavy atom. The van der Waals surface area contributed by atoms with Gasteiger partial charge >= 0.3 is 0 Å². The summed E-state index contributed by atoms with van der Waals surface area (Å²) in [6.45, 7) is 9.08. The Kier molecular flexibility index (Phi) is 4.50. The van der Waals surface area contributed by atoms with Gasteiger partial charge in [-0.25, -0.2) is 0 Å². The Balaban J connectivity index is 1.49. The predicted molar refractivity (Wildman–Crippen MR) is 131 cm³/mol. The molecule has 0 aromatic heterocycles. The summed E-state index contributed by atoms with van der Waals surface area (Å²) in [6.07, 6.45) is 10.1. The molecule has 0 radical (unpaired) electrons. The maximum Gasteiger partial charge on any atom is 0.119 e. The summed E-state index contributed by atoms with van der Waals surface area (Å²) < 4.78 is 0. The minimum absolute atomic E-state index is 0.599. The minimum atomic E-state index is 0.599. The third-order valence-electron chi connectivity index (χ3n) is 7.97. The largest absolute Gasteiger partial charge is 0.323 e. The standard InChI is InChI=1S/C28H33N3/c1-19-7-6-10-25-28(19)20(2)17-27-30(23-8-4-5-9-23)26-18-22(11-12-24(26)31(25)27)21-13-15-29(3)16-14-21/h6-7,10-12,17-18,21,23H,2,4-5,8-9,13-16H2,1,3H3. The number of piperidine rings is 1. The lowest BCUT2D eigenvalue weighted by Gasteiger charge is -2.34. The van der Waals surface area contributed by atoms with Gasteiger partial charge in [0.2, 0.25) is 0 Å². The van der Waals surface area contributed by atoms with Gasteiger partial charge in [-0.15, -0.1) is 0 Å². The fraction of sp³-hybridized carbons (Fsp3) is 0.429. The monoisotopic (exact) mass is 411 g/mol. The van der Waals surface area contributed by atoms with E-state index in [4.69, 9.17) is 0 Å². The van der Waals surface area contributed by atoms with Crippen LogP contribution < -0.4 is 9.80 Å². The van der Waals surface area contributed by atoms with E-state index in [1.165, 1.54) is 91.2 Å². The van der Waals surface area contributed by atoms with Crippen molar-refractivity contribution < 1.29 is 0 Å². The van der Waals surface area contributed by atoms with Gasteiger partial charge in [0, 0.05) is 11.6 Å². The fourth-order valence-electron chi connectivity index (χ4n) is 6.29. The van der Waals surface area contributed by atoms with Crippen molar-refractivity contribution in [2.24, 2.45) is 0 Å².